The Kier molecular flexibility index (Phi) is 9.39. The summed E-state index contributed by atoms with van der Waals surface area (Å²) in [6, 6.07) is 11.0. The minimum absolute atomic E-state index is 0. The fourth-order valence-electron chi connectivity index (χ4n) is 1.82. The van der Waals surface area contributed by atoms with Crippen LogP contribution in [0.3, 0.4) is 0 Å². The van der Waals surface area contributed by atoms with Gasteiger partial charge in [-0.05, 0) is 0 Å². The van der Waals surface area contributed by atoms with Crippen molar-refractivity contribution in [2.24, 2.45) is 0 Å². The molecule has 0 heterocycles. The zero-order valence-corrected chi connectivity index (χ0v) is 14.8. The van der Waals surface area contributed by atoms with Crippen LogP contribution < -0.4 is 5.30 Å². The number of benzene rings is 1. The molecule has 0 bridgehead atoms. The van der Waals surface area contributed by atoms with Crippen LogP contribution in [-0.4, -0.2) is 3.81 Å². The van der Waals surface area contributed by atoms with Crippen molar-refractivity contribution in [3.63, 3.8) is 0 Å². The van der Waals surface area contributed by atoms with E-state index >= 15 is 0 Å². The summed E-state index contributed by atoms with van der Waals surface area (Å²) in [4.78, 5) is 0. The first-order valence-corrected chi connectivity index (χ1v) is 10.5. The van der Waals surface area contributed by atoms with Gasteiger partial charge in [-0.1, -0.05) is 0 Å². The van der Waals surface area contributed by atoms with Crippen molar-refractivity contribution in [3.8, 4) is 0 Å². The molecule has 18 heavy (non-hydrogen) atoms. The van der Waals surface area contributed by atoms with Crippen LogP contribution in [0.1, 0.15) is 20.3 Å². The predicted molar refractivity (Wildman–Crippen MR) is 87.1 cm³/mol. The average molecular weight is 337 g/mol. The number of rotatable bonds is 3. The molecule has 98 valence electrons. The van der Waals surface area contributed by atoms with Gasteiger partial charge in [0.15, 0.2) is 0 Å². The Bertz CT molecular complexity index is 460. The quantitative estimate of drug-likeness (QED) is 0.566. The molecule has 0 aliphatic heterocycles. The van der Waals surface area contributed by atoms with E-state index < -0.39 is 16.9 Å². The molecule has 1 aromatic carbocycles. The molecular weight excluding hydrogens is 318 g/mol. The molecular formula is C14H19Cl2PTi. The number of hydrogen-bond acceptors (Lipinski definition) is 0. The molecule has 0 amide bonds. The molecule has 2 rings (SSSR count). The Morgan fingerprint density at radius 2 is 1.78 bits per heavy atom. The molecule has 1 aliphatic carbocycles. The smallest absolute Gasteiger partial charge is 0.147 e. The first-order chi connectivity index (χ1) is 7.77. The summed E-state index contributed by atoms with van der Waals surface area (Å²) in [6.45, 7) is 5.68. The van der Waals surface area contributed by atoms with Gasteiger partial charge in [0, 0.05) is 0 Å². The van der Waals surface area contributed by atoms with Crippen molar-refractivity contribution in [2.75, 3.05) is 0 Å². The third-order valence-electron chi connectivity index (χ3n) is 2.64. The second-order valence-corrected chi connectivity index (χ2v) is 12.0. The summed E-state index contributed by atoms with van der Waals surface area (Å²) in [5.74, 6) is 0. The normalized spacial score (nSPS) is 12.9. The van der Waals surface area contributed by atoms with E-state index in [0.717, 1.165) is 6.57 Å². The van der Waals surface area contributed by atoms with Gasteiger partial charge in [0.1, 0.15) is 0 Å². The second kappa shape index (κ2) is 9.24. The minimum Gasteiger partial charge on any atom is -0.147 e. The number of hydrogen-bond donors (Lipinski definition) is 0. The molecule has 0 saturated heterocycles. The van der Waals surface area contributed by atoms with Crippen LogP contribution >= 0.6 is 31.4 Å². The van der Waals surface area contributed by atoms with Crippen LogP contribution in [0.15, 0.2) is 52.4 Å². The van der Waals surface area contributed by atoms with Crippen molar-refractivity contribution < 1.29 is 16.9 Å². The maximum atomic E-state index is 2.36. The van der Waals surface area contributed by atoms with Crippen LogP contribution in [0.4, 0.5) is 0 Å². The van der Waals surface area contributed by atoms with Gasteiger partial charge in [0.05, 0.1) is 0 Å². The van der Waals surface area contributed by atoms with Gasteiger partial charge in [-0.3, -0.25) is 0 Å². The van der Waals surface area contributed by atoms with Crippen LogP contribution in [0.25, 0.3) is 0 Å². The van der Waals surface area contributed by atoms with Gasteiger partial charge in [0.2, 0.25) is 0 Å². The Labute approximate surface area is 129 Å². The van der Waals surface area contributed by atoms with Gasteiger partial charge in [0.25, 0.3) is 0 Å². The topological polar surface area (TPSA) is 0 Å². The van der Waals surface area contributed by atoms with E-state index in [1.807, 2.05) is 0 Å². The van der Waals surface area contributed by atoms with Gasteiger partial charge >= 0.3 is 105 Å². The summed E-state index contributed by atoms with van der Waals surface area (Å²) in [5.41, 5.74) is 0. The molecule has 1 aliphatic rings. The monoisotopic (exact) mass is 336 g/mol. The van der Waals surface area contributed by atoms with Gasteiger partial charge in [-0.15, -0.1) is 24.8 Å². The summed E-state index contributed by atoms with van der Waals surface area (Å²) in [7, 11) is 0. The molecule has 0 spiro atoms. The van der Waals surface area contributed by atoms with E-state index in [2.05, 4.69) is 62.4 Å². The standard InChI is InChI=1S/C6H6P.C5H5.C3H6.2ClH.Ti/c7-6-4-2-1-3-5-6;1-2-4-5-3-1;1-3-2;;;/h1-5,7H;1-3H,4H2;1-2H3;2*1H;/q-1;;;;;+1. The Morgan fingerprint density at radius 3 is 2.28 bits per heavy atom. The molecule has 1 unspecified atom stereocenters. The Morgan fingerprint density at radius 1 is 1.11 bits per heavy atom. The van der Waals surface area contributed by atoms with Crippen molar-refractivity contribution in [1.29, 1.82) is 0 Å². The van der Waals surface area contributed by atoms with E-state index in [1.165, 1.54) is 11.7 Å². The van der Waals surface area contributed by atoms with Crippen LogP contribution in [-0.2, 0) is 16.9 Å². The molecule has 0 N–H and O–H groups in total. The van der Waals surface area contributed by atoms with Crippen molar-refractivity contribution in [1.82, 2.24) is 0 Å². The fraction of sp³-hybridized carbons (Fsp3) is 0.214. The van der Waals surface area contributed by atoms with Crippen molar-refractivity contribution in [2.45, 2.75) is 20.3 Å². The van der Waals surface area contributed by atoms with Gasteiger partial charge < -0.3 is 0 Å². The molecule has 0 nitrogen and oxygen atoms in total. The van der Waals surface area contributed by atoms with E-state index in [1.54, 1.807) is 7.69 Å². The maximum absolute atomic E-state index is 2.36. The Hall–Kier alpha value is 0.294. The maximum Gasteiger partial charge on any atom is -0.147 e. The summed E-state index contributed by atoms with van der Waals surface area (Å²) in [6.07, 6.45) is 8.08. The van der Waals surface area contributed by atoms with Crippen LogP contribution in [0.5, 0.6) is 0 Å². The van der Waals surface area contributed by atoms with Crippen LogP contribution in [0.2, 0.25) is 0 Å². The van der Waals surface area contributed by atoms with Gasteiger partial charge in [-0.2, -0.15) is 0 Å². The minimum atomic E-state index is -1.14. The number of halogens is 2. The number of allylic oxidation sites excluding steroid dienone is 4. The first-order valence-electron chi connectivity index (χ1n) is 5.63. The van der Waals surface area contributed by atoms with Crippen molar-refractivity contribution >= 4 is 40.5 Å². The van der Waals surface area contributed by atoms with E-state index in [0.29, 0.717) is 0 Å². The molecule has 4 heteroatoms. The van der Waals surface area contributed by atoms with Gasteiger partial charge in [-0.25, -0.2) is 0 Å². The largest absolute Gasteiger partial charge is 0.147 e. The SMILES string of the molecule is C[C](C)=[Ti]([PH]c1ccccc1)[C]1=CC=CC1.Cl.Cl. The molecule has 0 saturated carbocycles. The Balaban J connectivity index is 0.00000144. The summed E-state index contributed by atoms with van der Waals surface area (Å²) in [5, 5.41) is 1.53. The predicted octanol–water partition coefficient (Wildman–Crippen LogP) is 4.42. The third-order valence-corrected chi connectivity index (χ3v) is 12.6. The zero-order chi connectivity index (χ0) is 11.4. The molecule has 0 fully saturated rings. The molecule has 1 atom stereocenters. The third kappa shape index (κ3) is 5.12. The molecule has 0 radical (unpaired) electrons. The molecule has 1 aromatic rings. The second-order valence-electron chi connectivity index (χ2n) is 4.19. The average Bonchev–Trinajstić information content (AvgIpc) is 2.80. The zero-order valence-electron chi connectivity index (χ0n) is 10.6. The first kappa shape index (κ1) is 18.3. The van der Waals surface area contributed by atoms with E-state index in [-0.39, 0.29) is 24.8 Å². The van der Waals surface area contributed by atoms with E-state index in [4.69, 9.17) is 0 Å². The van der Waals surface area contributed by atoms with E-state index in [9.17, 15) is 0 Å². The van der Waals surface area contributed by atoms with Crippen molar-refractivity contribution in [3.05, 3.63) is 52.4 Å². The fourth-order valence-corrected chi connectivity index (χ4v) is 9.62. The summed E-state index contributed by atoms with van der Waals surface area (Å²) < 4.78 is 3.43. The summed E-state index contributed by atoms with van der Waals surface area (Å²) >= 11 is -1.14. The van der Waals surface area contributed by atoms with Crippen LogP contribution in [0, 0.1) is 0 Å². The molecule has 0 aromatic heterocycles.